The summed E-state index contributed by atoms with van der Waals surface area (Å²) in [5.74, 6) is 1.01. The van der Waals surface area contributed by atoms with Crippen molar-refractivity contribution in [2.24, 2.45) is 0 Å². The Bertz CT molecular complexity index is 913. The number of hydrogen-bond acceptors (Lipinski definition) is 4. The van der Waals surface area contributed by atoms with E-state index in [1.165, 1.54) is 0 Å². The Hall–Kier alpha value is -2.05. The van der Waals surface area contributed by atoms with Crippen LogP contribution in [0.15, 0.2) is 40.9 Å². The van der Waals surface area contributed by atoms with Crippen LogP contribution in [0, 0.1) is 0 Å². The summed E-state index contributed by atoms with van der Waals surface area (Å²) in [5.41, 5.74) is 0.578. The number of benzene rings is 2. The number of ketones is 1. The maximum atomic E-state index is 12.3. The maximum Gasteiger partial charge on any atom is 0.224 e. The van der Waals surface area contributed by atoms with E-state index >= 15 is 0 Å². The highest BCUT2D eigenvalue weighted by Crippen LogP contribution is 2.34. The quantitative estimate of drug-likeness (QED) is 0.559. The average molecular weight is 467 g/mol. The van der Waals surface area contributed by atoms with Crippen molar-refractivity contribution >= 4 is 44.9 Å². The van der Waals surface area contributed by atoms with Gasteiger partial charge in [0, 0.05) is 16.6 Å². The molecule has 0 unspecified atom stereocenters. The van der Waals surface area contributed by atoms with Crippen molar-refractivity contribution in [3.05, 3.63) is 51.5 Å². The highest BCUT2D eigenvalue weighted by atomic mass is 79.9. The first-order valence-corrected chi connectivity index (χ1v) is 10.1. The molecule has 0 aliphatic carbocycles. The second kappa shape index (κ2) is 8.53. The van der Waals surface area contributed by atoms with Crippen molar-refractivity contribution in [3.63, 3.8) is 0 Å². The molecule has 0 bridgehead atoms. The number of ether oxygens (including phenoxy) is 2. The number of carbonyl (C=O) groups excluding carboxylic acids is 2. The van der Waals surface area contributed by atoms with Crippen LogP contribution in [0.2, 0.25) is 5.02 Å². The molecule has 148 valence electrons. The fourth-order valence-corrected chi connectivity index (χ4v) is 3.69. The van der Waals surface area contributed by atoms with Crippen LogP contribution < -0.4 is 14.8 Å². The van der Waals surface area contributed by atoms with Gasteiger partial charge < -0.3 is 14.8 Å². The fourth-order valence-electron chi connectivity index (χ4n) is 2.96. The molecule has 2 aromatic carbocycles. The van der Waals surface area contributed by atoms with Gasteiger partial charge in [-0.25, -0.2) is 0 Å². The Balaban J connectivity index is 1.50. The number of halogens is 2. The van der Waals surface area contributed by atoms with Gasteiger partial charge in [-0.15, -0.1) is 0 Å². The summed E-state index contributed by atoms with van der Waals surface area (Å²) in [4.78, 5) is 24.5. The lowest BCUT2D eigenvalue weighted by atomic mass is 9.93. The molecule has 0 fully saturated rings. The fraction of sp³-hybridized carbons (Fsp3) is 0.333. The number of anilines is 1. The number of hydrogen-bond donors (Lipinski definition) is 1. The third-order valence-corrected chi connectivity index (χ3v) is 5.02. The molecule has 0 aromatic heterocycles. The molecule has 28 heavy (non-hydrogen) atoms. The second-order valence-electron chi connectivity index (χ2n) is 7.25. The lowest BCUT2D eigenvalue weighted by molar-refractivity contribution is -0.116. The molecule has 0 spiro atoms. The first-order valence-electron chi connectivity index (χ1n) is 8.97. The smallest absolute Gasteiger partial charge is 0.224 e. The Morgan fingerprint density at radius 3 is 2.82 bits per heavy atom. The summed E-state index contributed by atoms with van der Waals surface area (Å²) >= 11 is 9.43. The molecule has 5 nitrogen and oxygen atoms in total. The summed E-state index contributed by atoms with van der Waals surface area (Å²) in [6.07, 6.45) is 1.15. The molecule has 1 amide bonds. The average Bonchev–Trinajstić information content (AvgIpc) is 2.60. The number of rotatable bonds is 6. The Morgan fingerprint density at radius 2 is 2.07 bits per heavy atom. The van der Waals surface area contributed by atoms with Gasteiger partial charge in [-0.2, -0.15) is 0 Å². The molecule has 0 atom stereocenters. The minimum absolute atomic E-state index is 0.0159. The molecule has 1 aliphatic heterocycles. The molecule has 1 heterocycles. The third kappa shape index (κ3) is 5.26. The highest BCUT2D eigenvalue weighted by Gasteiger charge is 2.32. The van der Waals surface area contributed by atoms with Crippen molar-refractivity contribution < 1.29 is 19.1 Å². The minimum atomic E-state index is -0.507. The zero-order valence-corrected chi connectivity index (χ0v) is 18.0. The summed E-state index contributed by atoms with van der Waals surface area (Å²) < 4.78 is 12.3. The lowest BCUT2D eigenvalue weighted by Gasteiger charge is -2.31. The molecule has 0 saturated carbocycles. The van der Waals surface area contributed by atoms with Crippen LogP contribution in [0.1, 0.15) is 43.5 Å². The van der Waals surface area contributed by atoms with Crippen LogP contribution in [0.3, 0.4) is 0 Å². The van der Waals surface area contributed by atoms with Crippen LogP contribution in [-0.4, -0.2) is 23.9 Å². The van der Waals surface area contributed by atoms with Gasteiger partial charge in [0.1, 0.15) is 17.1 Å². The predicted molar refractivity (Wildman–Crippen MR) is 113 cm³/mol. The molecule has 1 N–H and O–H groups in total. The van der Waals surface area contributed by atoms with Crippen molar-refractivity contribution in [1.29, 1.82) is 0 Å². The van der Waals surface area contributed by atoms with E-state index in [1.807, 2.05) is 19.9 Å². The normalized spacial score (nSPS) is 14.8. The van der Waals surface area contributed by atoms with E-state index in [-0.39, 0.29) is 11.7 Å². The zero-order valence-electron chi connectivity index (χ0n) is 15.7. The van der Waals surface area contributed by atoms with Crippen molar-refractivity contribution in [2.45, 2.75) is 38.7 Å². The van der Waals surface area contributed by atoms with Crippen LogP contribution in [0.4, 0.5) is 5.69 Å². The minimum Gasteiger partial charge on any atom is -0.492 e. The number of nitrogens with one attached hydrogen (secondary N) is 1. The molecule has 2 aromatic rings. The van der Waals surface area contributed by atoms with Gasteiger partial charge in [0.05, 0.1) is 23.6 Å². The topological polar surface area (TPSA) is 64.6 Å². The first-order chi connectivity index (χ1) is 13.2. The van der Waals surface area contributed by atoms with Gasteiger partial charge in [-0.1, -0.05) is 27.5 Å². The van der Waals surface area contributed by atoms with Gasteiger partial charge >= 0.3 is 0 Å². The van der Waals surface area contributed by atoms with E-state index < -0.39 is 5.60 Å². The third-order valence-electron chi connectivity index (χ3n) is 4.24. The number of amides is 1. The van der Waals surface area contributed by atoms with E-state index in [0.29, 0.717) is 53.6 Å². The standard InChI is InChI=1S/C21H21BrClNO4/c1-21(2)12-17(25)15-11-14(6-8-18(15)28-21)24-20(26)4-3-9-27-19-7-5-13(22)10-16(19)23/h5-8,10-11H,3-4,9,12H2,1-2H3,(H,24,26). The highest BCUT2D eigenvalue weighted by molar-refractivity contribution is 9.10. The van der Waals surface area contributed by atoms with Crippen LogP contribution in [0.5, 0.6) is 11.5 Å². The molecule has 7 heteroatoms. The number of fused-ring (bicyclic) bond motifs is 1. The Kier molecular flexibility index (Phi) is 6.30. The van der Waals surface area contributed by atoms with Crippen LogP contribution >= 0.6 is 27.5 Å². The summed E-state index contributed by atoms with van der Waals surface area (Å²) in [6, 6.07) is 10.5. The largest absolute Gasteiger partial charge is 0.492 e. The maximum absolute atomic E-state index is 12.3. The van der Waals surface area contributed by atoms with Gasteiger partial charge in [0.25, 0.3) is 0 Å². The van der Waals surface area contributed by atoms with E-state index in [4.69, 9.17) is 21.1 Å². The van der Waals surface area contributed by atoms with Crippen LogP contribution in [0.25, 0.3) is 0 Å². The molecule has 1 aliphatic rings. The zero-order chi connectivity index (χ0) is 20.3. The molecule has 0 saturated heterocycles. The molecule has 3 rings (SSSR count). The predicted octanol–water partition coefficient (Wildman–Crippen LogP) is 5.64. The molecular weight excluding hydrogens is 446 g/mol. The number of Topliss-reactive ketones (excluding diaryl/α,β-unsaturated/α-hetero) is 1. The van der Waals surface area contributed by atoms with Gasteiger partial charge in [-0.05, 0) is 56.7 Å². The van der Waals surface area contributed by atoms with Gasteiger partial charge in [0.2, 0.25) is 5.91 Å². The lowest BCUT2D eigenvalue weighted by Crippen LogP contribution is -2.35. The Labute approximate surface area is 177 Å². The van der Waals surface area contributed by atoms with Crippen molar-refractivity contribution in [1.82, 2.24) is 0 Å². The van der Waals surface area contributed by atoms with Gasteiger partial charge in [-0.3, -0.25) is 9.59 Å². The second-order valence-corrected chi connectivity index (χ2v) is 8.57. The summed E-state index contributed by atoms with van der Waals surface area (Å²) in [5, 5.41) is 3.33. The monoisotopic (exact) mass is 465 g/mol. The van der Waals surface area contributed by atoms with E-state index in [2.05, 4.69) is 21.2 Å². The first kappa shape index (κ1) is 20.7. The van der Waals surface area contributed by atoms with Crippen molar-refractivity contribution in [3.8, 4) is 11.5 Å². The summed E-state index contributed by atoms with van der Waals surface area (Å²) in [7, 11) is 0. The van der Waals surface area contributed by atoms with E-state index in [1.54, 1.807) is 30.3 Å². The SMILES string of the molecule is CC1(C)CC(=O)c2cc(NC(=O)CCCOc3ccc(Br)cc3Cl)ccc2O1. The van der Waals surface area contributed by atoms with E-state index in [9.17, 15) is 9.59 Å². The molecular formula is C21H21BrClNO4. The molecule has 0 radical (unpaired) electrons. The van der Waals surface area contributed by atoms with E-state index in [0.717, 1.165) is 4.47 Å². The number of carbonyl (C=O) groups is 2. The Morgan fingerprint density at radius 1 is 1.29 bits per heavy atom. The summed E-state index contributed by atoms with van der Waals surface area (Å²) in [6.45, 7) is 4.14. The van der Waals surface area contributed by atoms with Crippen LogP contribution in [-0.2, 0) is 4.79 Å². The van der Waals surface area contributed by atoms with Gasteiger partial charge in [0.15, 0.2) is 5.78 Å². The van der Waals surface area contributed by atoms with Crippen molar-refractivity contribution in [2.75, 3.05) is 11.9 Å².